The van der Waals surface area contributed by atoms with Gasteiger partial charge in [-0.05, 0) is 38.7 Å². The molecule has 0 saturated heterocycles. The zero-order valence-corrected chi connectivity index (χ0v) is 16.8. The molecule has 2 aliphatic carbocycles. The van der Waals surface area contributed by atoms with Gasteiger partial charge in [-0.3, -0.25) is 9.36 Å². The van der Waals surface area contributed by atoms with E-state index in [0.29, 0.717) is 12.1 Å². The minimum absolute atomic E-state index is 0.107. The summed E-state index contributed by atoms with van der Waals surface area (Å²) in [6.45, 7) is 1.96. The van der Waals surface area contributed by atoms with Gasteiger partial charge in [-0.1, -0.05) is 42.8 Å². The summed E-state index contributed by atoms with van der Waals surface area (Å²) in [4.78, 5) is 15.9. The zero-order valence-electron chi connectivity index (χ0n) is 16.0. The van der Waals surface area contributed by atoms with E-state index in [4.69, 9.17) is 0 Å². The summed E-state index contributed by atoms with van der Waals surface area (Å²) in [5.74, 6) is 1.00. The molecule has 5 rings (SSSR count). The molecule has 3 aromatic rings. The molecular formula is C21H25N5OS. The SMILES string of the molecule is C[C@@H](Sc1nnc(-c2c[nH]c3ccccc23)n1C1CC1)C(=O)NC1CCCC1. The average Bonchev–Trinajstić information content (AvgIpc) is 3.09. The molecule has 0 radical (unpaired) electrons. The molecule has 2 saturated carbocycles. The van der Waals surface area contributed by atoms with Gasteiger partial charge in [0, 0.05) is 34.7 Å². The van der Waals surface area contributed by atoms with Gasteiger partial charge in [-0.15, -0.1) is 10.2 Å². The van der Waals surface area contributed by atoms with Gasteiger partial charge in [0.05, 0.1) is 5.25 Å². The van der Waals surface area contributed by atoms with Crippen LogP contribution >= 0.6 is 11.8 Å². The van der Waals surface area contributed by atoms with Crippen LogP contribution in [0.3, 0.4) is 0 Å². The molecule has 1 aromatic carbocycles. The van der Waals surface area contributed by atoms with Gasteiger partial charge < -0.3 is 10.3 Å². The number of hydrogen-bond donors (Lipinski definition) is 2. The highest BCUT2D eigenvalue weighted by atomic mass is 32.2. The van der Waals surface area contributed by atoms with E-state index in [1.54, 1.807) is 0 Å². The molecule has 28 heavy (non-hydrogen) atoms. The number of nitrogens with one attached hydrogen (secondary N) is 2. The number of aromatic amines is 1. The number of carbonyl (C=O) groups excluding carboxylic acids is 1. The van der Waals surface area contributed by atoms with Crippen molar-refractivity contribution in [2.45, 2.75) is 67.9 Å². The van der Waals surface area contributed by atoms with Crippen molar-refractivity contribution >= 4 is 28.6 Å². The number of fused-ring (bicyclic) bond motifs is 1. The van der Waals surface area contributed by atoms with Crippen LogP contribution in [0.1, 0.15) is 51.5 Å². The molecular weight excluding hydrogens is 370 g/mol. The normalized spacial score (nSPS) is 18.6. The van der Waals surface area contributed by atoms with Gasteiger partial charge in [0.1, 0.15) is 0 Å². The Labute approximate surface area is 168 Å². The minimum atomic E-state index is -0.182. The van der Waals surface area contributed by atoms with Crippen LogP contribution in [0, 0.1) is 0 Å². The van der Waals surface area contributed by atoms with Crippen molar-refractivity contribution in [3.05, 3.63) is 30.5 Å². The van der Waals surface area contributed by atoms with Crippen molar-refractivity contribution in [3.8, 4) is 11.4 Å². The van der Waals surface area contributed by atoms with Crippen molar-refractivity contribution < 1.29 is 4.79 Å². The Bertz CT molecular complexity index is 999. The van der Waals surface area contributed by atoms with E-state index in [1.165, 1.54) is 24.6 Å². The number of nitrogens with zero attached hydrogens (tertiary/aromatic N) is 3. The van der Waals surface area contributed by atoms with E-state index >= 15 is 0 Å². The third-order valence-electron chi connectivity index (χ3n) is 5.76. The van der Waals surface area contributed by atoms with Crippen molar-refractivity contribution in [2.75, 3.05) is 0 Å². The molecule has 2 aromatic heterocycles. The van der Waals surface area contributed by atoms with E-state index in [2.05, 4.69) is 37.2 Å². The fourth-order valence-electron chi connectivity index (χ4n) is 4.06. The third kappa shape index (κ3) is 3.32. The van der Waals surface area contributed by atoms with E-state index in [1.807, 2.05) is 25.3 Å². The smallest absolute Gasteiger partial charge is 0.233 e. The Kier molecular flexibility index (Phi) is 4.62. The first-order valence-electron chi connectivity index (χ1n) is 10.2. The van der Waals surface area contributed by atoms with Crippen molar-refractivity contribution in [1.82, 2.24) is 25.1 Å². The molecule has 1 atom stereocenters. The number of carbonyl (C=O) groups is 1. The highest BCUT2D eigenvalue weighted by Crippen LogP contribution is 2.42. The lowest BCUT2D eigenvalue weighted by atomic mass is 10.1. The number of para-hydroxylation sites is 1. The van der Waals surface area contributed by atoms with Crippen LogP contribution in [0.4, 0.5) is 0 Å². The molecule has 146 valence electrons. The highest BCUT2D eigenvalue weighted by molar-refractivity contribution is 8.00. The first-order valence-corrected chi connectivity index (χ1v) is 11.1. The Morgan fingerprint density at radius 2 is 2.00 bits per heavy atom. The molecule has 2 heterocycles. The molecule has 0 bridgehead atoms. The first-order chi connectivity index (χ1) is 13.7. The summed E-state index contributed by atoms with van der Waals surface area (Å²) < 4.78 is 2.24. The number of benzene rings is 1. The lowest BCUT2D eigenvalue weighted by Gasteiger charge is -2.16. The van der Waals surface area contributed by atoms with E-state index in [0.717, 1.165) is 53.1 Å². The van der Waals surface area contributed by atoms with Gasteiger partial charge in [0.2, 0.25) is 5.91 Å². The maximum absolute atomic E-state index is 12.6. The number of amides is 1. The predicted octanol–water partition coefficient (Wildman–Crippen LogP) is 4.30. The minimum Gasteiger partial charge on any atom is -0.360 e. The molecule has 6 nitrogen and oxygen atoms in total. The van der Waals surface area contributed by atoms with Crippen LogP contribution in [0.15, 0.2) is 35.6 Å². The van der Waals surface area contributed by atoms with Gasteiger partial charge in [0.25, 0.3) is 0 Å². The zero-order chi connectivity index (χ0) is 19.1. The summed E-state index contributed by atoms with van der Waals surface area (Å²) in [5.41, 5.74) is 2.17. The lowest BCUT2D eigenvalue weighted by Crippen LogP contribution is -2.37. The average molecular weight is 396 g/mol. The second-order valence-electron chi connectivity index (χ2n) is 7.91. The molecule has 1 amide bonds. The van der Waals surface area contributed by atoms with Gasteiger partial charge >= 0.3 is 0 Å². The van der Waals surface area contributed by atoms with E-state index in [9.17, 15) is 4.79 Å². The maximum Gasteiger partial charge on any atom is 0.233 e. The maximum atomic E-state index is 12.6. The number of aromatic nitrogens is 4. The number of hydrogen-bond acceptors (Lipinski definition) is 4. The standard InChI is InChI=1S/C21H25N5OS/c1-13(20(27)23-14-6-2-3-7-14)28-21-25-24-19(26(21)15-10-11-15)17-12-22-18-9-5-4-8-16(17)18/h4-5,8-9,12-15,22H,2-3,6-7,10-11H2,1H3,(H,23,27)/t13-/m1/s1. The Morgan fingerprint density at radius 1 is 1.21 bits per heavy atom. The highest BCUT2D eigenvalue weighted by Gasteiger charge is 2.32. The largest absolute Gasteiger partial charge is 0.360 e. The summed E-state index contributed by atoms with van der Waals surface area (Å²) >= 11 is 1.52. The van der Waals surface area contributed by atoms with E-state index < -0.39 is 0 Å². The van der Waals surface area contributed by atoms with Gasteiger partial charge in [0.15, 0.2) is 11.0 Å². The molecule has 0 unspecified atom stereocenters. The first kappa shape index (κ1) is 17.8. The molecule has 2 fully saturated rings. The molecule has 7 heteroatoms. The van der Waals surface area contributed by atoms with Gasteiger partial charge in [-0.25, -0.2) is 0 Å². The monoisotopic (exact) mass is 395 g/mol. The second-order valence-corrected chi connectivity index (χ2v) is 9.21. The fraction of sp³-hybridized carbons (Fsp3) is 0.476. The number of H-pyrrole nitrogens is 1. The van der Waals surface area contributed by atoms with Crippen LogP contribution in [0.5, 0.6) is 0 Å². The summed E-state index contributed by atoms with van der Waals surface area (Å²) in [6, 6.07) is 9.03. The number of thioether (sulfide) groups is 1. The fourth-order valence-corrected chi connectivity index (χ4v) is 4.99. The quantitative estimate of drug-likeness (QED) is 0.610. The predicted molar refractivity (Wildman–Crippen MR) is 111 cm³/mol. The van der Waals surface area contributed by atoms with Crippen molar-refractivity contribution in [2.24, 2.45) is 0 Å². The molecule has 2 aliphatic rings. The Hall–Kier alpha value is -2.28. The van der Waals surface area contributed by atoms with Crippen molar-refractivity contribution in [3.63, 3.8) is 0 Å². The molecule has 0 aliphatic heterocycles. The van der Waals surface area contributed by atoms with E-state index in [-0.39, 0.29) is 11.2 Å². The van der Waals surface area contributed by atoms with Crippen molar-refractivity contribution in [1.29, 1.82) is 0 Å². The molecule has 2 N–H and O–H groups in total. The Balaban J connectivity index is 1.41. The third-order valence-corrected chi connectivity index (χ3v) is 6.82. The topological polar surface area (TPSA) is 75.6 Å². The van der Waals surface area contributed by atoms with Gasteiger partial charge in [-0.2, -0.15) is 0 Å². The lowest BCUT2D eigenvalue weighted by molar-refractivity contribution is -0.120. The van der Waals surface area contributed by atoms with Crippen LogP contribution in [-0.2, 0) is 4.79 Å². The van der Waals surface area contributed by atoms with Crippen LogP contribution in [-0.4, -0.2) is 36.9 Å². The molecule has 0 spiro atoms. The Morgan fingerprint density at radius 3 is 2.79 bits per heavy atom. The summed E-state index contributed by atoms with van der Waals surface area (Å²) in [7, 11) is 0. The number of rotatable bonds is 6. The van der Waals surface area contributed by atoms with Crippen LogP contribution in [0.2, 0.25) is 0 Å². The van der Waals surface area contributed by atoms with Crippen LogP contribution < -0.4 is 5.32 Å². The summed E-state index contributed by atoms with van der Waals surface area (Å²) in [6.07, 6.45) is 8.94. The second kappa shape index (κ2) is 7.28. The van der Waals surface area contributed by atoms with Crippen LogP contribution in [0.25, 0.3) is 22.3 Å². The summed E-state index contributed by atoms with van der Waals surface area (Å²) in [5, 5.41) is 14.0.